The molecule has 3 heterocycles. The van der Waals surface area contributed by atoms with E-state index < -0.39 is 0 Å². The number of piperidine rings is 1. The fourth-order valence-corrected chi connectivity index (χ4v) is 4.66. The van der Waals surface area contributed by atoms with Gasteiger partial charge in [-0.15, -0.1) is 0 Å². The highest BCUT2D eigenvalue weighted by atomic mass is 19.1. The van der Waals surface area contributed by atoms with Crippen molar-refractivity contribution < 1.29 is 23.1 Å². The van der Waals surface area contributed by atoms with Gasteiger partial charge in [0.15, 0.2) is 0 Å². The quantitative estimate of drug-likeness (QED) is 0.674. The summed E-state index contributed by atoms with van der Waals surface area (Å²) in [6.07, 6.45) is 2.89. The third-order valence-electron chi connectivity index (χ3n) is 6.39. The van der Waals surface area contributed by atoms with Crippen LogP contribution in [0, 0.1) is 11.7 Å². The van der Waals surface area contributed by atoms with Gasteiger partial charge in [-0.05, 0) is 56.5 Å². The highest BCUT2D eigenvalue weighted by Gasteiger charge is 2.27. The van der Waals surface area contributed by atoms with Crippen molar-refractivity contribution in [3.05, 3.63) is 53.7 Å². The minimum absolute atomic E-state index is 0.0175. The van der Waals surface area contributed by atoms with E-state index in [4.69, 9.17) is 9.15 Å². The smallest absolute Gasteiger partial charge is 0.317 e. The standard InChI is InChI=1S/C25H33FN4O4/c1-17-15-30(16-18(2)34-17)23-6-5-19(12-22(23)26)13-28-25(32)29-9-7-20(8-10-29)24(31)27-14-21-4-3-11-33-21/h3-6,11-12,17-18,20H,7-10,13-16H2,1-2H3,(H,27,31)(H,28,32). The normalized spacial score (nSPS) is 21.4. The predicted octanol–water partition coefficient (Wildman–Crippen LogP) is 3.27. The van der Waals surface area contributed by atoms with Crippen molar-refractivity contribution in [3.8, 4) is 0 Å². The second-order valence-corrected chi connectivity index (χ2v) is 9.17. The third kappa shape index (κ3) is 6.08. The van der Waals surface area contributed by atoms with Gasteiger partial charge in [-0.1, -0.05) is 6.07 Å². The first kappa shape index (κ1) is 24.1. The number of benzene rings is 1. The van der Waals surface area contributed by atoms with Gasteiger partial charge in [0.25, 0.3) is 0 Å². The number of likely N-dealkylation sites (tertiary alicyclic amines) is 1. The van der Waals surface area contributed by atoms with Crippen LogP contribution in [0.2, 0.25) is 0 Å². The number of furan rings is 1. The Bertz CT molecular complexity index is 965. The fourth-order valence-electron chi connectivity index (χ4n) is 4.66. The zero-order valence-electron chi connectivity index (χ0n) is 19.8. The molecule has 2 unspecified atom stereocenters. The molecule has 2 aromatic rings. The number of amides is 3. The summed E-state index contributed by atoms with van der Waals surface area (Å²) in [5.41, 5.74) is 1.26. The van der Waals surface area contributed by atoms with Gasteiger partial charge in [-0.2, -0.15) is 0 Å². The van der Waals surface area contributed by atoms with Crippen LogP contribution in [0.5, 0.6) is 0 Å². The number of carbonyl (C=O) groups is 2. The molecule has 2 atom stereocenters. The Labute approximate surface area is 199 Å². The van der Waals surface area contributed by atoms with Gasteiger partial charge >= 0.3 is 6.03 Å². The summed E-state index contributed by atoms with van der Waals surface area (Å²) in [7, 11) is 0. The molecule has 1 aromatic heterocycles. The van der Waals surface area contributed by atoms with Crippen molar-refractivity contribution in [2.75, 3.05) is 31.1 Å². The van der Waals surface area contributed by atoms with Crippen LogP contribution >= 0.6 is 0 Å². The maximum absolute atomic E-state index is 14.8. The topological polar surface area (TPSA) is 87.1 Å². The van der Waals surface area contributed by atoms with Crippen molar-refractivity contribution in [2.24, 2.45) is 5.92 Å². The average molecular weight is 473 g/mol. The summed E-state index contributed by atoms with van der Waals surface area (Å²) in [5.74, 6) is 0.278. The number of nitrogens with zero attached hydrogens (tertiary/aromatic N) is 2. The van der Waals surface area contributed by atoms with E-state index in [0.29, 0.717) is 62.6 Å². The lowest BCUT2D eigenvalue weighted by molar-refractivity contribution is -0.126. The van der Waals surface area contributed by atoms with Crippen LogP contribution in [0.1, 0.15) is 38.0 Å². The largest absolute Gasteiger partial charge is 0.467 e. The Kier molecular flexibility index (Phi) is 7.72. The predicted molar refractivity (Wildman–Crippen MR) is 126 cm³/mol. The maximum Gasteiger partial charge on any atom is 0.317 e. The number of carbonyl (C=O) groups excluding carboxylic acids is 2. The van der Waals surface area contributed by atoms with Gasteiger partial charge < -0.3 is 29.6 Å². The van der Waals surface area contributed by atoms with Crippen LogP contribution in [-0.4, -0.2) is 55.2 Å². The monoisotopic (exact) mass is 472 g/mol. The number of hydrogen-bond acceptors (Lipinski definition) is 5. The number of rotatable bonds is 6. The number of halogens is 1. The highest BCUT2D eigenvalue weighted by Crippen LogP contribution is 2.25. The molecule has 3 amide bonds. The third-order valence-corrected chi connectivity index (χ3v) is 6.39. The molecule has 4 rings (SSSR count). The molecular formula is C25H33FN4O4. The molecule has 2 aliphatic heterocycles. The van der Waals surface area contributed by atoms with E-state index in [1.54, 1.807) is 23.3 Å². The number of nitrogens with one attached hydrogen (secondary N) is 2. The summed E-state index contributed by atoms with van der Waals surface area (Å²) >= 11 is 0. The number of anilines is 1. The summed E-state index contributed by atoms with van der Waals surface area (Å²) in [6.45, 7) is 6.89. The number of urea groups is 1. The Balaban J connectivity index is 1.22. The molecule has 0 saturated carbocycles. The summed E-state index contributed by atoms with van der Waals surface area (Å²) < 4.78 is 25.7. The van der Waals surface area contributed by atoms with E-state index in [1.807, 2.05) is 30.9 Å². The molecule has 0 radical (unpaired) electrons. The van der Waals surface area contributed by atoms with Crippen LogP contribution < -0.4 is 15.5 Å². The number of ether oxygens (including phenoxy) is 1. The van der Waals surface area contributed by atoms with Gasteiger partial charge in [-0.25, -0.2) is 9.18 Å². The summed E-state index contributed by atoms with van der Waals surface area (Å²) in [5, 5.41) is 5.76. The molecular weight excluding hydrogens is 439 g/mol. The second-order valence-electron chi connectivity index (χ2n) is 9.17. The van der Waals surface area contributed by atoms with Crippen LogP contribution in [-0.2, 0) is 22.6 Å². The first-order valence-corrected chi connectivity index (χ1v) is 11.9. The first-order valence-electron chi connectivity index (χ1n) is 11.9. The number of hydrogen-bond donors (Lipinski definition) is 2. The second kappa shape index (κ2) is 10.9. The van der Waals surface area contributed by atoms with Crippen LogP contribution in [0.15, 0.2) is 41.0 Å². The molecule has 1 aromatic carbocycles. The molecule has 2 aliphatic rings. The van der Waals surface area contributed by atoms with Gasteiger partial charge in [0.05, 0.1) is 30.7 Å². The van der Waals surface area contributed by atoms with E-state index in [9.17, 15) is 14.0 Å². The summed E-state index contributed by atoms with van der Waals surface area (Å²) in [4.78, 5) is 28.7. The van der Waals surface area contributed by atoms with Crippen molar-refractivity contribution in [1.82, 2.24) is 15.5 Å². The van der Waals surface area contributed by atoms with E-state index >= 15 is 0 Å². The van der Waals surface area contributed by atoms with Gasteiger partial charge in [0.2, 0.25) is 5.91 Å². The molecule has 0 aliphatic carbocycles. The molecule has 9 heteroatoms. The zero-order valence-corrected chi connectivity index (χ0v) is 19.8. The Morgan fingerprint density at radius 3 is 2.44 bits per heavy atom. The molecule has 2 fully saturated rings. The molecule has 8 nitrogen and oxygen atoms in total. The SMILES string of the molecule is CC1CN(c2ccc(CNC(=O)N3CCC(C(=O)NCc4ccco4)CC3)cc2F)CC(C)O1. The fraction of sp³-hybridized carbons (Fsp3) is 0.520. The van der Waals surface area contributed by atoms with Crippen molar-refractivity contribution >= 4 is 17.6 Å². The Hall–Kier alpha value is -3.07. The molecule has 0 spiro atoms. The first-order chi connectivity index (χ1) is 16.4. The average Bonchev–Trinajstić information content (AvgIpc) is 3.34. The Morgan fingerprint density at radius 1 is 1.06 bits per heavy atom. The number of morpholine rings is 1. The summed E-state index contributed by atoms with van der Waals surface area (Å²) in [6, 6.07) is 8.50. The molecule has 2 N–H and O–H groups in total. The maximum atomic E-state index is 14.8. The van der Waals surface area contributed by atoms with Gasteiger partial charge in [0, 0.05) is 38.6 Å². The minimum atomic E-state index is -0.297. The Morgan fingerprint density at radius 2 is 1.79 bits per heavy atom. The van der Waals surface area contributed by atoms with Crippen molar-refractivity contribution in [3.63, 3.8) is 0 Å². The zero-order chi connectivity index (χ0) is 24.1. The van der Waals surface area contributed by atoms with Crippen LogP contribution in [0.4, 0.5) is 14.9 Å². The van der Waals surface area contributed by atoms with E-state index in [-0.39, 0.29) is 42.4 Å². The molecule has 34 heavy (non-hydrogen) atoms. The van der Waals surface area contributed by atoms with Crippen LogP contribution in [0.3, 0.4) is 0 Å². The van der Waals surface area contributed by atoms with Gasteiger partial charge in [0.1, 0.15) is 11.6 Å². The van der Waals surface area contributed by atoms with E-state index in [0.717, 1.165) is 0 Å². The van der Waals surface area contributed by atoms with E-state index in [2.05, 4.69) is 10.6 Å². The minimum Gasteiger partial charge on any atom is -0.467 e. The molecule has 2 saturated heterocycles. The van der Waals surface area contributed by atoms with E-state index in [1.165, 1.54) is 6.07 Å². The lowest BCUT2D eigenvalue weighted by Crippen LogP contribution is -2.46. The molecule has 0 bridgehead atoms. The van der Waals surface area contributed by atoms with Crippen molar-refractivity contribution in [2.45, 2.75) is 52.0 Å². The molecule has 184 valence electrons. The van der Waals surface area contributed by atoms with Crippen molar-refractivity contribution in [1.29, 1.82) is 0 Å². The highest BCUT2D eigenvalue weighted by molar-refractivity contribution is 5.79. The lowest BCUT2D eigenvalue weighted by Gasteiger charge is -2.37. The van der Waals surface area contributed by atoms with Gasteiger partial charge in [-0.3, -0.25) is 4.79 Å². The van der Waals surface area contributed by atoms with Crippen LogP contribution in [0.25, 0.3) is 0 Å². The lowest BCUT2D eigenvalue weighted by atomic mass is 9.96.